The molecule has 1 heterocycles. The van der Waals surface area contributed by atoms with Gasteiger partial charge < -0.3 is 10.4 Å². The number of carbonyl (C=O) groups is 1. The highest BCUT2D eigenvalue weighted by Gasteiger charge is 2.62. The molecule has 0 spiro atoms. The summed E-state index contributed by atoms with van der Waals surface area (Å²) >= 11 is 6.16. The van der Waals surface area contributed by atoms with E-state index in [0.29, 0.717) is 29.7 Å². The second kappa shape index (κ2) is 4.21. The number of hydrogen-bond donors (Lipinski definition) is 3. The first-order chi connectivity index (χ1) is 9.98. The van der Waals surface area contributed by atoms with Crippen molar-refractivity contribution in [1.29, 1.82) is 0 Å². The van der Waals surface area contributed by atoms with Crippen LogP contribution in [-0.2, 0) is 10.4 Å². The summed E-state index contributed by atoms with van der Waals surface area (Å²) in [6.07, 6.45) is 3.01. The van der Waals surface area contributed by atoms with Crippen LogP contribution in [0.25, 0.3) is 10.9 Å². The highest BCUT2D eigenvalue weighted by atomic mass is 35.5. The first kappa shape index (κ1) is 13.1. The summed E-state index contributed by atoms with van der Waals surface area (Å²) < 4.78 is 0. The Morgan fingerprint density at radius 3 is 2.86 bits per heavy atom. The molecule has 0 bridgehead atoms. The number of nitrogens with zero attached hydrogens (tertiary/aromatic N) is 1. The van der Waals surface area contributed by atoms with Crippen molar-refractivity contribution in [2.24, 2.45) is 11.8 Å². The van der Waals surface area contributed by atoms with Crippen LogP contribution in [0, 0.1) is 11.8 Å². The molecule has 110 valence electrons. The van der Waals surface area contributed by atoms with Crippen LogP contribution in [-0.4, -0.2) is 27.3 Å². The first-order valence-corrected chi connectivity index (χ1v) is 7.48. The molecule has 3 N–H and O–H groups in total. The summed E-state index contributed by atoms with van der Waals surface area (Å²) in [5.41, 5.74) is 0.774. The maximum atomic E-state index is 11.1. The Morgan fingerprint density at radius 1 is 1.48 bits per heavy atom. The first-order valence-electron chi connectivity index (χ1n) is 7.10. The molecule has 4 atom stereocenters. The predicted octanol–water partition coefficient (Wildman–Crippen LogP) is 1.95. The molecular formula is C15H16ClN3O2. The molecule has 2 aliphatic rings. The van der Waals surface area contributed by atoms with Crippen molar-refractivity contribution in [2.75, 3.05) is 0 Å². The Labute approximate surface area is 126 Å². The number of H-pyrrole nitrogens is 1. The molecule has 2 aliphatic carbocycles. The molecule has 4 rings (SSSR count). The van der Waals surface area contributed by atoms with E-state index in [1.54, 1.807) is 6.20 Å². The number of aromatic amines is 1. The number of aromatic nitrogens is 2. The third kappa shape index (κ3) is 1.95. The number of nitrogens with one attached hydrogen (secondary N) is 2. The summed E-state index contributed by atoms with van der Waals surface area (Å²) in [4.78, 5) is 11.1. The second-order valence-corrected chi connectivity index (χ2v) is 6.72. The highest BCUT2D eigenvalue weighted by molar-refractivity contribution is 6.31. The molecule has 0 aliphatic heterocycles. The third-order valence-corrected chi connectivity index (χ3v) is 5.08. The van der Waals surface area contributed by atoms with Gasteiger partial charge in [-0.25, -0.2) is 0 Å². The van der Waals surface area contributed by atoms with E-state index in [1.165, 1.54) is 6.92 Å². The average molecular weight is 306 g/mol. The van der Waals surface area contributed by atoms with Gasteiger partial charge in [0.25, 0.3) is 0 Å². The molecule has 21 heavy (non-hydrogen) atoms. The van der Waals surface area contributed by atoms with Crippen LogP contribution >= 0.6 is 11.6 Å². The van der Waals surface area contributed by atoms with Gasteiger partial charge in [-0.2, -0.15) is 5.10 Å². The van der Waals surface area contributed by atoms with Crippen molar-refractivity contribution in [3.63, 3.8) is 0 Å². The number of rotatable bonds is 2. The Kier molecular flexibility index (Phi) is 2.63. The second-order valence-electron chi connectivity index (χ2n) is 6.28. The van der Waals surface area contributed by atoms with E-state index in [2.05, 4.69) is 15.5 Å². The van der Waals surface area contributed by atoms with E-state index in [9.17, 15) is 9.90 Å². The molecule has 2 fully saturated rings. The van der Waals surface area contributed by atoms with Gasteiger partial charge in [0.2, 0.25) is 5.91 Å². The zero-order valence-electron chi connectivity index (χ0n) is 11.6. The van der Waals surface area contributed by atoms with Crippen LogP contribution in [0.2, 0.25) is 5.02 Å². The minimum Gasteiger partial charge on any atom is -0.385 e. The fraction of sp³-hybridized carbons (Fsp3) is 0.467. The van der Waals surface area contributed by atoms with Gasteiger partial charge >= 0.3 is 0 Å². The molecule has 2 aromatic rings. The minimum atomic E-state index is -0.889. The molecule has 0 radical (unpaired) electrons. The maximum absolute atomic E-state index is 11.1. The quantitative estimate of drug-likeness (QED) is 0.793. The summed E-state index contributed by atoms with van der Waals surface area (Å²) in [6.45, 7) is 1.53. The Hall–Kier alpha value is -1.59. The zero-order valence-corrected chi connectivity index (χ0v) is 12.3. The van der Waals surface area contributed by atoms with Crippen LogP contribution in [0.3, 0.4) is 0 Å². The zero-order chi connectivity index (χ0) is 14.8. The lowest BCUT2D eigenvalue weighted by molar-refractivity contribution is -0.119. The fourth-order valence-corrected chi connectivity index (χ4v) is 4.15. The van der Waals surface area contributed by atoms with Gasteiger partial charge in [0.1, 0.15) is 0 Å². The van der Waals surface area contributed by atoms with Crippen molar-refractivity contribution in [3.8, 4) is 0 Å². The molecule has 1 amide bonds. The number of amides is 1. The van der Waals surface area contributed by atoms with Gasteiger partial charge in [0.05, 0.1) is 17.3 Å². The molecule has 1 aromatic heterocycles. The minimum absolute atomic E-state index is 0.00310. The smallest absolute Gasteiger partial charge is 0.217 e. The van der Waals surface area contributed by atoms with Crippen LogP contribution in [0.15, 0.2) is 18.3 Å². The lowest BCUT2D eigenvalue weighted by Crippen LogP contribution is -2.32. The van der Waals surface area contributed by atoms with Gasteiger partial charge in [-0.15, -0.1) is 0 Å². The lowest BCUT2D eigenvalue weighted by Gasteiger charge is -2.27. The van der Waals surface area contributed by atoms with Crippen molar-refractivity contribution >= 4 is 28.4 Å². The summed E-state index contributed by atoms with van der Waals surface area (Å²) in [5, 5.41) is 22.5. The largest absolute Gasteiger partial charge is 0.385 e. The summed E-state index contributed by atoms with van der Waals surface area (Å²) in [7, 11) is 0. The fourth-order valence-electron chi connectivity index (χ4n) is 3.92. The van der Waals surface area contributed by atoms with Crippen molar-refractivity contribution < 1.29 is 9.90 Å². The van der Waals surface area contributed by atoms with Crippen molar-refractivity contribution in [2.45, 2.75) is 31.4 Å². The van der Waals surface area contributed by atoms with E-state index >= 15 is 0 Å². The monoisotopic (exact) mass is 305 g/mol. The van der Waals surface area contributed by atoms with Crippen LogP contribution < -0.4 is 5.32 Å². The molecule has 6 heteroatoms. The number of hydrogen-bond acceptors (Lipinski definition) is 3. The van der Waals surface area contributed by atoms with Crippen LogP contribution in [0.1, 0.15) is 25.3 Å². The molecule has 1 aromatic carbocycles. The van der Waals surface area contributed by atoms with E-state index < -0.39 is 5.60 Å². The van der Waals surface area contributed by atoms with Gasteiger partial charge in [0.15, 0.2) is 0 Å². The van der Waals surface area contributed by atoms with E-state index in [-0.39, 0.29) is 11.9 Å². The summed E-state index contributed by atoms with van der Waals surface area (Å²) in [6, 6.07) is 3.88. The van der Waals surface area contributed by atoms with Crippen LogP contribution in [0.5, 0.6) is 0 Å². The van der Waals surface area contributed by atoms with Gasteiger partial charge in [-0.1, -0.05) is 11.6 Å². The number of carbonyl (C=O) groups excluding carboxylic acids is 1. The Morgan fingerprint density at radius 2 is 2.19 bits per heavy atom. The van der Waals surface area contributed by atoms with Gasteiger partial charge in [0, 0.05) is 28.9 Å². The molecular weight excluding hydrogens is 290 g/mol. The normalized spacial score (nSPS) is 34.0. The molecule has 0 saturated heterocycles. The number of halogens is 1. The van der Waals surface area contributed by atoms with Crippen LogP contribution in [0.4, 0.5) is 0 Å². The molecule has 0 unspecified atom stereocenters. The van der Waals surface area contributed by atoms with E-state index in [0.717, 1.165) is 16.5 Å². The van der Waals surface area contributed by atoms with Crippen molar-refractivity contribution in [3.05, 3.63) is 28.9 Å². The number of aliphatic hydroxyl groups is 1. The SMILES string of the molecule is CC(=O)N[C@H]1[C@@H]2C[C@](O)(c3cc(Cl)cc4cn[nH]c34)C[C@@H]21. The third-order valence-electron chi connectivity index (χ3n) is 4.86. The lowest BCUT2D eigenvalue weighted by atomic mass is 9.87. The van der Waals surface area contributed by atoms with E-state index in [1.807, 2.05) is 12.1 Å². The topological polar surface area (TPSA) is 78.0 Å². The number of benzene rings is 1. The maximum Gasteiger partial charge on any atom is 0.217 e. The number of fused-ring (bicyclic) bond motifs is 2. The van der Waals surface area contributed by atoms with Crippen molar-refractivity contribution in [1.82, 2.24) is 15.5 Å². The van der Waals surface area contributed by atoms with E-state index in [4.69, 9.17) is 11.6 Å². The highest BCUT2D eigenvalue weighted by Crippen LogP contribution is 2.60. The van der Waals surface area contributed by atoms with Gasteiger partial charge in [-0.3, -0.25) is 9.89 Å². The molecule has 2 saturated carbocycles. The average Bonchev–Trinajstić information content (AvgIpc) is 2.83. The predicted molar refractivity (Wildman–Crippen MR) is 78.8 cm³/mol. The Balaban J connectivity index is 1.65. The summed E-state index contributed by atoms with van der Waals surface area (Å²) in [5.74, 6) is 0.711. The standard InChI is InChI=1S/C15H16ClN3O2/c1-7(20)18-14-10-4-15(21,5-11(10)14)12-3-9(16)2-8-6-17-19-13(8)12/h2-3,6,10-11,14,21H,4-5H2,1H3,(H,17,19)(H,18,20)/t10-,11+,14+,15-. The van der Waals surface area contributed by atoms with Gasteiger partial charge in [-0.05, 0) is 36.8 Å². The molecule has 5 nitrogen and oxygen atoms in total. The Bertz CT molecular complexity index is 730.